The fourth-order valence-electron chi connectivity index (χ4n) is 2.27. The van der Waals surface area contributed by atoms with Crippen LogP contribution in [-0.2, 0) is 0 Å². The van der Waals surface area contributed by atoms with Gasteiger partial charge in [-0.3, -0.25) is 0 Å². The summed E-state index contributed by atoms with van der Waals surface area (Å²) in [5.74, 6) is 7.34. The van der Waals surface area contributed by atoms with Crippen molar-refractivity contribution in [3.05, 3.63) is 31.4 Å². The van der Waals surface area contributed by atoms with Crippen LogP contribution in [0.4, 0.5) is 0 Å². The number of terminal acetylenes is 2. The van der Waals surface area contributed by atoms with Gasteiger partial charge in [-0.1, -0.05) is 11.8 Å². The summed E-state index contributed by atoms with van der Waals surface area (Å²) in [7, 11) is 3.19. The van der Waals surface area contributed by atoms with Gasteiger partial charge in [0.05, 0.1) is 14.2 Å². The molecule has 2 aromatic rings. The predicted octanol–water partition coefficient (Wildman–Crippen LogP) is 4.60. The summed E-state index contributed by atoms with van der Waals surface area (Å²) in [4.78, 5) is 0. The molecular formula is C20H16I2O4. The van der Waals surface area contributed by atoms with Gasteiger partial charge in [0.25, 0.3) is 0 Å². The van der Waals surface area contributed by atoms with Crippen LogP contribution in [0.1, 0.15) is 0 Å². The minimum atomic E-state index is 0.159. The molecule has 0 atom stereocenters. The van der Waals surface area contributed by atoms with Crippen LogP contribution in [0.25, 0.3) is 11.1 Å². The number of benzene rings is 2. The quantitative estimate of drug-likeness (QED) is 0.358. The maximum Gasteiger partial charge on any atom is 0.163 e. The van der Waals surface area contributed by atoms with Crippen LogP contribution in [0.5, 0.6) is 23.0 Å². The lowest BCUT2D eigenvalue weighted by molar-refractivity contribution is 0.330. The van der Waals surface area contributed by atoms with Gasteiger partial charge in [0.2, 0.25) is 0 Å². The summed E-state index contributed by atoms with van der Waals surface area (Å²) >= 11 is 4.52. The summed E-state index contributed by atoms with van der Waals surface area (Å²) in [5.41, 5.74) is 1.94. The molecule has 26 heavy (non-hydrogen) atoms. The number of methoxy groups -OCH3 is 2. The minimum absolute atomic E-state index is 0.159. The standard InChI is InChI=1S/C20H16I2O4/c1-5-7-25-19-9-13(15(21)11-17(19)23-3)14-10-20(26-8-6-2)18(24-4)12-16(14)22/h1-2,9-12H,7-8H2,3-4H3. The van der Waals surface area contributed by atoms with Gasteiger partial charge in [0.1, 0.15) is 13.2 Å². The highest BCUT2D eigenvalue weighted by molar-refractivity contribution is 14.1. The molecule has 0 unspecified atom stereocenters. The van der Waals surface area contributed by atoms with E-state index in [1.165, 1.54) is 0 Å². The van der Waals surface area contributed by atoms with E-state index in [1.54, 1.807) is 14.2 Å². The SMILES string of the molecule is C#CCOc1cc(-c2cc(OCC#C)c(OC)cc2I)c(I)cc1OC. The van der Waals surface area contributed by atoms with Crippen LogP contribution >= 0.6 is 45.2 Å². The van der Waals surface area contributed by atoms with Gasteiger partial charge >= 0.3 is 0 Å². The normalized spacial score (nSPS) is 9.77. The number of hydrogen-bond acceptors (Lipinski definition) is 4. The lowest BCUT2D eigenvalue weighted by Crippen LogP contribution is -2.00. The summed E-state index contributed by atoms with van der Waals surface area (Å²) < 4.78 is 24.0. The molecule has 0 bridgehead atoms. The number of rotatable bonds is 7. The Bertz CT molecular complexity index is 805. The maximum atomic E-state index is 5.62. The molecular weight excluding hydrogens is 558 g/mol. The van der Waals surface area contributed by atoms with Gasteiger partial charge < -0.3 is 18.9 Å². The van der Waals surface area contributed by atoms with Crippen molar-refractivity contribution < 1.29 is 18.9 Å². The molecule has 2 aromatic carbocycles. The zero-order valence-corrected chi connectivity index (χ0v) is 18.6. The topological polar surface area (TPSA) is 36.9 Å². The smallest absolute Gasteiger partial charge is 0.163 e. The van der Waals surface area contributed by atoms with E-state index < -0.39 is 0 Å². The number of halogens is 2. The van der Waals surface area contributed by atoms with E-state index in [0.29, 0.717) is 23.0 Å². The van der Waals surface area contributed by atoms with Crippen LogP contribution in [0.2, 0.25) is 0 Å². The summed E-state index contributed by atoms with van der Waals surface area (Å²) in [6.45, 7) is 0.319. The Balaban J connectivity index is 2.59. The monoisotopic (exact) mass is 574 g/mol. The van der Waals surface area contributed by atoms with E-state index in [9.17, 15) is 0 Å². The third kappa shape index (κ3) is 4.68. The van der Waals surface area contributed by atoms with E-state index in [2.05, 4.69) is 57.0 Å². The third-order valence-corrected chi connectivity index (χ3v) is 5.20. The van der Waals surface area contributed by atoms with Crippen molar-refractivity contribution in [3.8, 4) is 58.8 Å². The van der Waals surface area contributed by atoms with Crippen LogP contribution in [0.15, 0.2) is 24.3 Å². The van der Waals surface area contributed by atoms with E-state index in [0.717, 1.165) is 18.3 Å². The minimum Gasteiger partial charge on any atom is -0.493 e. The Morgan fingerprint density at radius 2 is 1.12 bits per heavy atom. The largest absolute Gasteiger partial charge is 0.493 e. The van der Waals surface area contributed by atoms with Crippen molar-refractivity contribution >= 4 is 45.2 Å². The predicted molar refractivity (Wildman–Crippen MR) is 119 cm³/mol. The van der Waals surface area contributed by atoms with Crippen molar-refractivity contribution in [3.63, 3.8) is 0 Å². The molecule has 0 N–H and O–H groups in total. The summed E-state index contributed by atoms with van der Waals surface area (Å²) in [6, 6.07) is 7.63. The first-order valence-electron chi connectivity index (χ1n) is 7.43. The Labute approximate surface area is 180 Å². The second kappa shape index (κ2) is 9.79. The second-order valence-corrected chi connectivity index (χ2v) is 7.28. The van der Waals surface area contributed by atoms with Gasteiger partial charge in [-0.05, 0) is 69.4 Å². The molecule has 0 amide bonds. The Morgan fingerprint density at radius 1 is 0.731 bits per heavy atom. The molecule has 2 rings (SSSR count). The molecule has 0 aliphatic heterocycles. The van der Waals surface area contributed by atoms with Crippen LogP contribution < -0.4 is 18.9 Å². The van der Waals surface area contributed by atoms with Gasteiger partial charge in [0.15, 0.2) is 23.0 Å². The first kappa shape index (κ1) is 20.5. The lowest BCUT2D eigenvalue weighted by atomic mass is 10.0. The van der Waals surface area contributed by atoms with Crippen molar-refractivity contribution in [2.45, 2.75) is 0 Å². The fraction of sp³-hybridized carbons (Fsp3) is 0.200. The van der Waals surface area contributed by atoms with E-state index in [-0.39, 0.29) is 13.2 Å². The highest BCUT2D eigenvalue weighted by Gasteiger charge is 2.17. The van der Waals surface area contributed by atoms with Gasteiger partial charge in [-0.2, -0.15) is 0 Å². The third-order valence-electron chi connectivity index (χ3n) is 3.42. The molecule has 0 aromatic heterocycles. The van der Waals surface area contributed by atoms with Crippen LogP contribution in [0.3, 0.4) is 0 Å². The van der Waals surface area contributed by atoms with Gasteiger partial charge in [-0.25, -0.2) is 0 Å². The van der Waals surface area contributed by atoms with Gasteiger partial charge in [0, 0.05) is 18.3 Å². The fourth-order valence-corrected chi connectivity index (χ4v) is 3.72. The zero-order valence-electron chi connectivity index (χ0n) is 14.3. The molecule has 134 valence electrons. The van der Waals surface area contributed by atoms with Crippen molar-refractivity contribution in [2.24, 2.45) is 0 Å². The lowest BCUT2D eigenvalue weighted by Gasteiger charge is -2.16. The van der Waals surface area contributed by atoms with Crippen molar-refractivity contribution in [1.82, 2.24) is 0 Å². The average molecular weight is 574 g/mol. The Hall–Kier alpha value is -1.78. The molecule has 6 heteroatoms. The first-order chi connectivity index (χ1) is 12.5. The molecule has 0 spiro atoms. The molecule has 0 fully saturated rings. The number of hydrogen-bond donors (Lipinski definition) is 0. The molecule has 4 nitrogen and oxygen atoms in total. The molecule has 0 saturated heterocycles. The molecule has 0 aliphatic carbocycles. The van der Waals surface area contributed by atoms with E-state index in [1.807, 2.05) is 24.3 Å². The zero-order chi connectivity index (χ0) is 19.1. The molecule has 0 heterocycles. The van der Waals surface area contributed by atoms with E-state index >= 15 is 0 Å². The highest BCUT2D eigenvalue weighted by Crippen LogP contribution is 2.42. The molecule has 0 saturated carbocycles. The molecule has 0 radical (unpaired) electrons. The first-order valence-corrected chi connectivity index (χ1v) is 9.59. The van der Waals surface area contributed by atoms with E-state index in [4.69, 9.17) is 31.8 Å². The van der Waals surface area contributed by atoms with Crippen LogP contribution in [0, 0.1) is 31.8 Å². The number of ether oxygens (including phenoxy) is 4. The molecule has 0 aliphatic rings. The summed E-state index contributed by atoms with van der Waals surface area (Å²) in [5, 5.41) is 0. The Kier molecular flexibility index (Phi) is 7.73. The summed E-state index contributed by atoms with van der Waals surface area (Å²) in [6.07, 6.45) is 10.6. The van der Waals surface area contributed by atoms with Crippen molar-refractivity contribution in [2.75, 3.05) is 27.4 Å². The van der Waals surface area contributed by atoms with Crippen LogP contribution in [-0.4, -0.2) is 27.4 Å². The Morgan fingerprint density at radius 3 is 1.42 bits per heavy atom. The average Bonchev–Trinajstić information content (AvgIpc) is 2.65. The van der Waals surface area contributed by atoms with Crippen molar-refractivity contribution in [1.29, 1.82) is 0 Å². The second-order valence-electron chi connectivity index (χ2n) is 4.95. The maximum absolute atomic E-state index is 5.62. The van der Waals surface area contributed by atoms with Gasteiger partial charge in [-0.15, -0.1) is 12.8 Å². The highest BCUT2D eigenvalue weighted by atomic mass is 127.